The monoisotopic (exact) mass is 268 g/mol. The molecule has 0 aliphatic carbocycles. The maximum atomic E-state index is 11.9. The molecule has 0 spiro atoms. The summed E-state index contributed by atoms with van der Waals surface area (Å²) in [5, 5.41) is 12.0. The average molecular weight is 268 g/mol. The van der Waals surface area contributed by atoms with E-state index in [4.69, 9.17) is 19.9 Å². The second kappa shape index (κ2) is 5.77. The van der Waals surface area contributed by atoms with Crippen molar-refractivity contribution >= 4 is 11.6 Å². The molecule has 1 atom stereocenters. The number of methoxy groups -OCH3 is 1. The first kappa shape index (κ1) is 13.4. The molecule has 0 saturated carbocycles. The Morgan fingerprint density at radius 2 is 2.21 bits per heavy atom. The van der Waals surface area contributed by atoms with Crippen LogP contribution >= 0.6 is 0 Å². The van der Waals surface area contributed by atoms with E-state index in [1.54, 1.807) is 6.07 Å². The van der Waals surface area contributed by atoms with Gasteiger partial charge in [-0.05, 0) is 6.07 Å². The lowest BCUT2D eigenvalue weighted by Crippen LogP contribution is -2.34. The van der Waals surface area contributed by atoms with E-state index >= 15 is 0 Å². The van der Waals surface area contributed by atoms with Gasteiger partial charge in [0.05, 0.1) is 18.3 Å². The number of nitrogens with two attached hydrogens (primary N) is 1. The second-order valence-corrected chi connectivity index (χ2v) is 4.11. The van der Waals surface area contributed by atoms with Crippen LogP contribution in [0.1, 0.15) is 10.4 Å². The maximum absolute atomic E-state index is 11.9. The number of nitrogens with one attached hydrogen (secondary N) is 1. The fourth-order valence-corrected chi connectivity index (χ4v) is 1.71. The maximum Gasteiger partial charge on any atom is 0.253 e. The number of anilines is 1. The first-order valence-electron chi connectivity index (χ1n) is 5.76. The molecule has 104 valence electrons. The summed E-state index contributed by atoms with van der Waals surface area (Å²) < 4.78 is 15.1. The number of carbonyl (C=O) groups excluding carboxylic acids is 1. The molecule has 0 radical (unpaired) electrons. The minimum Gasteiger partial charge on any atom is -0.454 e. The Kier molecular flexibility index (Phi) is 4.08. The van der Waals surface area contributed by atoms with E-state index in [1.807, 2.05) is 0 Å². The van der Waals surface area contributed by atoms with Gasteiger partial charge in [-0.25, -0.2) is 0 Å². The number of aliphatic hydroxyl groups excluding tert-OH is 1. The zero-order valence-corrected chi connectivity index (χ0v) is 10.5. The van der Waals surface area contributed by atoms with Crippen molar-refractivity contribution in [2.45, 2.75) is 6.10 Å². The van der Waals surface area contributed by atoms with Crippen molar-refractivity contribution in [3.63, 3.8) is 0 Å². The van der Waals surface area contributed by atoms with Crippen LogP contribution in [0.3, 0.4) is 0 Å². The highest BCUT2D eigenvalue weighted by Crippen LogP contribution is 2.35. The van der Waals surface area contributed by atoms with Crippen molar-refractivity contribution in [2.24, 2.45) is 0 Å². The smallest absolute Gasteiger partial charge is 0.253 e. The summed E-state index contributed by atoms with van der Waals surface area (Å²) in [6, 6.07) is 3.07. The Labute approximate surface area is 110 Å². The summed E-state index contributed by atoms with van der Waals surface area (Å²) in [5.41, 5.74) is 6.36. The molecule has 19 heavy (non-hydrogen) atoms. The van der Waals surface area contributed by atoms with Gasteiger partial charge in [0, 0.05) is 25.4 Å². The van der Waals surface area contributed by atoms with Crippen molar-refractivity contribution < 1.29 is 24.1 Å². The number of rotatable bonds is 5. The number of hydrogen-bond donors (Lipinski definition) is 3. The fourth-order valence-electron chi connectivity index (χ4n) is 1.71. The quantitative estimate of drug-likeness (QED) is 0.635. The third-order valence-corrected chi connectivity index (χ3v) is 2.65. The molecule has 2 rings (SSSR count). The summed E-state index contributed by atoms with van der Waals surface area (Å²) in [6.45, 7) is 0.351. The lowest BCUT2D eigenvalue weighted by Gasteiger charge is -2.12. The summed E-state index contributed by atoms with van der Waals surface area (Å²) in [4.78, 5) is 11.9. The molecular formula is C12H16N2O5. The van der Waals surface area contributed by atoms with Crippen molar-refractivity contribution in [2.75, 3.05) is 32.8 Å². The van der Waals surface area contributed by atoms with E-state index < -0.39 is 6.10 Å². The van der Waals surface area contributed by atoms with E-state index in [1.165, 1.54) is 13.2 Å². The number of aliphatic hydroxyl groups is 1. The molecule has 0 fully saturated rings. The molecule has 0 saturated heterocycles. The Morgan fingerprint density at radius 3 is 2.89 bits per heavy atom. The molecule has 4 N–H and O–H groups in total. The third kappa shape index (κ3) is 3.07. The lowest BCUT2D eigenvalue weighted by atomic mass is 10.1. The Bertz CT molecular complexity index is 477. The zero-order chi connectivity index (χ0) is 13.8. The Morgan fingerprint density at radius 1 is 1.53 bits per heavy atom. The minimum absolute atomic E-state index is 0.0839. The van der Waals surface area contributed by atoms with E-state index in [9.17, 15) is 9.90 Å². The van der Waals surface area contributed by atoms with Gasteiger partial charge in [0.2, 0.25) is 6.79 Å². The summed E-state index contributed by atoms with van der Waals surface area (Å²) in [7, 11) is 1.47. The predicted octanol–water partition coefficient (Wildman–Crippen LogP) is -0.265. The van der Waals surface area contributed by atoms with Crippen LogP contribution in [0.2, 0.25) is 0 Å². The molecule has 1 amide bonds. The van der Waals surface area contributed by atoms with Crippen LogP contribution in [-0.4, -0.2) is 44.2 Å². The van der Waals surface area contributed by atoms with Crippen LogP contribution in [0.15, 0.2) is 12.1 Å². The van der Waals surface area contributed by atoms with Gasteiger partial charge < -0.3 is 30.4 Å². The van der Waals surface area contributed by atoms with Gasteiger partial charge in [-0.2, -0.15) is 0 Å². The van der Waals surface area contributed by atoms with Gasteiger partial charge in [-0.3, -0.25) is 4.79 Å². The van der Waals surface area contributed by atoms with E-state index in [0.717, 1.165) is 0 Å². The number of hydrogen-bond acceptors (Lipinski definition) is 6. The second-order valence-electron chi connectivity index (χ2n) is 4.11. The number of nitrogen functional groups attached to an aromatic ring is 1. The summed E-state index contributed by atoms with van der Waals surface area (Å²) in [6.07, 6.45) is -0.760. The lowest BCUT2D eigenvalue weighted by molar-refractivity contribution is 0.0610. The number of amides is 1. The predicted molar refractivity (Wildman–Crippen MR) is 67.2 cm³/mol. The van der Waals surface area contributed by atoms with Crippen molar-refractivity contribution in [1.29, 1.82) is 0 Å². The molecule has 0 aromatic heterocycles. The molecule has 7 heteroatoms. The number of benzene rings is 1. The first-order valence-corrected chi connectivity index (χ1v) is 5.76. The molecule has 1 unspecified atom stereocenters. The highest BCUT2D eigenvalue weighted by atomic mass is 16.7. The largest absolute Gasteiger partial charge is 0.454 e. The fraction of sp³-hybridized carbons (Fsp3) is 0.417. The van der Waals surface area contributed by atoms with Crippen LogP contribution in [0.4, 0.5) is 5.69 Å². The van der Waals surface area contributed by atoms with Crippen LogP contribution < -0.4 is 20.5 Å². The third-order valence-electron chi connectivity index (χ3n) is 2.65. The molecule has 0 bridgehead atoms. The van der Waals surface area contributed by atoms with Gasteiger partial charge in [-0.1, -0.05) is 0 Å². The zero-order valence-electron chi connectivity index (χ0n) is 10.5. The minimum atomic E-state index is -0.760. The normalized spacial score (nSPS) is 14.2. The van der Waals surface area contributed by atoms with Crippen LogP contribution in [0, 0.1) is 0 Å². The van der Waals surface area contributed by atoms with E-state index in [-0.39, 0.29) is 31.4 Å². The van der Waals surface area contributed by atoms with Gasteiger partial charge >= 0.3 is 0 Å². The SMILES string of the molecule is COCC(O)CNC(=O)c1cc2c(cc1N)OCO2. The van der Waals surface area contributed by atoms with E-state index in [0.29, 0.717) is 17.2 Å². The highest BCUT2D eigenvalue weighted by molar-refractivity contribution is 6.00. The molecule has 1 aliphatic rings. The van der Waals surface area contributed by atoms with E-state index in [2.05, 4.69) is 5.32 Å². The molecule has 1 aliphatic heterocycles. The Hall–Kier alpha value is -1.99. The molecule has 1 aromatic rings. The molecule has 1 aromatic carbocycles. The van der Waals surface area contributed by atoms with Gasteiger partial charge in [-0.15, -0.1) is 0 Å². The molecule has 1 heterocycles. The van der Waals surface area contributed by atoms with Crippen molar-refractivity contribution in [3.05, 3.63) is 17.7 Å². The van der Waals surface area contributed by atoms with Crippen LogP contribution in [0.5, 0.6) is 11.5 Å². The molecular weight excluding hydrogens is 252 g/mol. The van der Waals surface area contributed by atoms with Gasteiger partial charge in [0.15, 0.2) is 11.5 Å². The summed E-state index contributed by atoms with van der Waals surface area (Å²) >= 11 is 0. The van der Waals surface area contributed by atoms with Crippen molar-refractivity contribution in [3.8, 4) is 11.5 Å². The first-order chi connectivity index (χ1) is 9.11. The van der Waals surface area contributed by atoms with Gasteiger partial charge in [0.25, 0.3) is 5.91 Å². The molecule has 7 nitrogen and oxygen atoms in total. The standard InChI is InChI=1S/C12H16N2O5/c1-17-5-7(15)4-14-12(16)8-2-10-11(3-9(8)13)19-6-18-10/h2-3,7,15H,4-6,13H2,1H3,(H,14,16). The average Bonchev–Trinajstić information content (AvgIpc) is 2.82. The Balaban J connectivity index is 2.03. The van der Waals surface area contributed by atoms with Crippen molar-refractivity contribution in [1.82, 2.24) is 5.32 Å². The number of carbonyl (C=O) groups is 1. The van der Waals surface area contributed by atoms with Gasteiger partial charge in [0.1, 0.15) is 0 Å². The van der Waals surface area contributed by atoms with Crippen LogP contribution in [-0.2, 0) is 4.74 Å². The van der Waals surface area contributed by atoms with Crippen LogP contribution in [0.25, 0.3) is 0 Å². The topological polar surface area (TPSA) is 103 Å². The summed E-state index contributed by atoms with van der Waals surface area (Å²) in [5.74, 6) is 0.621. The number of ether oxygens (including phenoxy) is 3. The number of fused-ring (bicyclic) bond motifs is 1. The highest BCUT2D eigenvalue weighted by Gasteiger charge is 2.19.